The Morgan fingerprint density at radius 3 is 1.54 bits per heavy atom. The van der Waals surface area contributed by atoms with Gasteiger partial charge >= 0.3 is 0 Å². The largest absolute Gasteiger partial charge is 0.494 e. The standard InChI is InChI=1S/C43H51N13O2S5/c1-9-55(10-2)31-18-27(29(20-33(31)57-7)49-51-37-35-24(5)22-59-39(35)53-62-37)44-41-46-42(48-43(47-41)61-26-16-14-13-15-17-26)45-28-19-32(56(11-3)12-4)34(58-8)21-30(28)50-52-38-36-25(6)23-60-40(36)54-63-38/h18-23,26H,9-17H2,1-8H3,(H2,44,45,46,47,48)/b51-49+,52-50+. The molecule has 1 saturated carbocycles. The summed E-state index contributed by atoms with van der Waals surface area (Å²) in [7, 11) is 3.35. The predicted molar refractivity (Wildman–Crippen MR) is 265 cm³/mol. The van der Waals surface area contributed by atoms with Crippen LogP contribution in [0.2, 0.25) is 0 Å². The molecule has 0 aliphatic heterocycles. The Hall–Kier alpha value is -5.02. The SMILES string of the molecule is CCN(CC)c1cc(Nc2nc(Nc3cc(N(CC)CC)c(OC)cc3/N=N/c3snc4scc(C)c34)nc(SC3CCCCC3)n2)c(/N=N/c2snc3scc(C)c23)cc1OC. The van der Waals surface area contributed by atoms with Gasteiger partial charge in [-0.3, -0.25) is 0 Å². The molecule has 1 aliphatic carbocycles. The Kier molecular flexibility index (Phi) is 14.3. The van der Waals surface area contributed by atoms with Gasteiger partial charge in [0.1, 0.15) is 32.5 Å². The number of methoxy groups -OCH3 is 2. The van der Waals surface area contributed by atoms with Crippen LogP contribution in [-0.4, -0.2) is 69.3 Å². The number of nitrogens with one attached hydrogen (secondary N) is 2. The summed E-state index contributed by atoms with van der Waals surface area (Å²) in [5.41, 5.74) is 6.53. The number of aromatic nitrogens is 5. The van der Waals surface area contributed by atoms with Crippen LogP contribution in [0.3, 0.4) is 0 Å². The van der Waals surface area contributed by atoms with Crippen LogP contribution in [0, 0.1) is 13.8 Å². The molecule has 1 fully saturated rings. The Balaban J connectivity index is 1.23. The third-order valence-corrected chi connectivity index (χ3v) is 15.9. The normalized spacial score (nSPS) is 13.5. The number of thiophene rings is 2. The van der Waals surface area contributed by atoms with E-state index in [2.05, 4.69) is 81.5 Å². The van der Waals surface area contributed by atoms with Gasteiger partial charge in [0, 0.05) is 43.6 Å². The number of ether oxygens (including phenoxy) is 2. The van der Waals surface area contributed by atoms with Gasteiger partial charge in [0.05, 0.1) is 47.7 Å². The van der Waals surface area contributed by atoms with Crippen LogP contribution in [0.25, 0.3) is 20.4 Å². The molecule has 0 unspecified atom stereocenters. The Bertz CT molecular complexity index is 2570. The first kappa shape index (κ1) is 44.6. The first-order chi connectivity index (χ1) is 30.7. The highest BCUT2D eigenvalue weighted by atomic mass is 32.2. The zero-order chi connectivity index (χ0) is 44.0. The quantitative estimate of drug-likeness (QED) is 0.0784. The third-order valence-electron chi connectivity index (χ3n) is 11.0. The highest BCUT2D eigenvalue weighted by molar-refractivity contribution is 7.99. The fourth-order valence-corrected chi connectivity index (χ4v) is 12.4. The Labute approximate surface area is 387 Å². The van der Waals surface area contributed by atoms with E-state index in [1.165, 1.54) is 42.3 Å². The van der Waals surface area contributed by atoms with Gasteiger partial charge in [-0.1, -0.05) is 31.0 Å². The van der Waals surface area contributed by atoms with E-state index in [0.717, 1.165) is 92.0 Å². The molecular formula is C43H51N13O2S5. The average molecular weight is 942 g/mol. The first-order valence-corrected chi connectivity index (χ1v) is 25.3. The molecular weight excluding hydrogens is 891 g/mol. The van der Waals surface area contributed by atoms with Crippen LogP contribution >= 0.6 is 57.5 Å². The number of benzene rings is 2. The van der Waals surface area contributed by atoms with Crippen LogP contribution in [0.5, 0.6) is 11.5 Å². The maximum absolute atomic E-state index is 5.95. The summed E-state index contributed by atoms with van der Waals surface area (Å²) in [5, 5.41) is 35.0. The number of thioether (sulfide) groups is 1. The molecule has 0 bridgehead atoms. The number of hydrogen-bond donors (Lipinski definition) is 2. The van der Waals surface area contributed by atoms with E-state index < -0.39 is 0 Å². The Morgan fingerprint density at radius 2 is 1.11 bits per heavy atom. The molecule has 330 valence electrons. The van der Waals surface area contributed by atoms with E-state index in [0.29, 0.717) is 56.6 Å². The van der Waals surface area contributed by atoms with Crippen molar-refractivity contribution in [2.24, 2.45) is 20.5 Å². The fraction of sp³-hybridized carbons (Fsp3) is 0.419. The van der Waals surface area contributed by atoms with Crippen LogP contribution < -0.4 is 29.9 Å². The predicted octanol–water partition coefficient (Wildman–Crippen LogP) is 14.3. The minimum absolute atomic E-state index is 0.354. The van der Waals surface area contributed by atoms with Crippen LogP contribution in [0.1, 0.15) is 70.9 Å². The Morgan fingerprint density at radius 1 is 0.651 bits per heavy atom. The van der Waals surface area contributed by atoms with E-state index >= 15 is 0 Å². The van der Waals surface area contributed by atoms with Crippen molar-refractivity contribution in [2.75, 3.05) is 60.8 Å². The lowest BCUT2D eigenvalue weighted by Gasteiger charge is -2.25. The molecule has 0 atom stereocenters. The summed E-state index contributed by atoms with van der Waals surface area (Å²) in [5.74, 6) is 2.08. The zero-order valence-corrected chi connectivity index (χ0v) is 40.8. The van der Waals surface area contributed by atoms with E-state index in [1.807, 2.05) is 24.3 Å². The zero-order valence-electron chi connectivity index (χ0n) is 36.7. The van der Waals surface area contributed by atoms with Crippen molar-refractivity contribution in [2.45, 2.75) is 84.1 Å². The van der Waals surface area contributed by atoms with E-state index in [4.69, 9.17) is 44.9 Å². The monoisotopic (exact) mass is 941 g/mol. The molecule has 63 heavy (non-hydrogen) atoms. The number of azo groups is 2. The molecule has 8 rings (SSSR count). The van der Waals surface area contributed by atoms with Gasteiger partial charge in [0.15, 0.2) is 15.2 Å². The van der Waals surface area contributed by atoms with Crippen LogP contribution in [-0.2, 0) is 0 Å². The highest BCUT2D eigenvalue weighted by Gasteiger charge is 2.22. The summed E-state index contributed by atoms with van der Waals surface area (Å²) < 4.78 is 21.1. The summed E-state index contributed by atoms with van der Waals surface area (Å²) in [6.45, 7) is 15.8. The maximum atomic E-state index is 5.95. The summed E-state index contributed by atoms with van der Waals surface area (Å²) in [6.07, 6.45) is 5.85. The second-order valence-corrected chi connectivity index (χ2v) is 19.4. The molecule has 15 nitrogen and oxygen atoms in total. The fourth-order valence-electron chi connectivity index (χ4n) is 7.64. The molecule has 0 amide bonds. The van der Waals surface area contributed by atoms with E-state index in [1.54, 1.807) is 48.7 Å². The van der Waals surface area contributed by atoms with E-state index in [-0.39, 0.29) is 0 Å². The molecule has 0 radical (unpaired) electrons. The second-order valence-electron chi connectivity index (χ2n) is 14.9. The molecule has 2 N–H and O–H groups in total. The number of rotatable bonds is 18. The number of hydrogen-bond acceptors (Lipinski definition) is 20. The minimum Gasteiger partial charge on any atom is -0.494 e. The van der Waals surface area contributed by atoms with Crippen molar-refractivity contribution >= 4 is 134 Å². The lowest BCUT2D eigenvalue weighted by Crippen LogP contribution is -2.22. The van der Waals surface area contributed by atoms with Crippen molar-refractivity contribution in [3.05, 3.63) is 46.2 Å². The number of anilines is 6. The van der Waals surface area contributed by atoms with Crippen molar-refractivity contribution in [1.29, 1.82) is 0 Å². The second kappa shape index (κ2) is 20.2. The minimum atomic E-state index is 0.354. The van der Waals surface area contributed by atoms with Crippen molar-refractivity contribution in [3.63, 3.8) is 0 Å². The topological polar surface area (TPSA) is 163 Å². The smallest absolute Gasteiger partial charge is 0.233 e. The summed E-state index contributed by atoms with van der Waals surface area (Å²) >= 11 is 7.60. The summed E-state index contributed by atoms with van der Waals surface area (Å²) in [6, 6.07) is 7.89. The molecule has 20 heteroatoms. The average Bonchev–Trinajstić information content (AvgIpc) is 4.09. The highest BCUT2D eigenvalue weighted by Crippen LogP contribution is 2.45. The molecule has 5 aromatic heterocycles. The van der Waals surface area contributed by atoms with Crippen LogP contribution in [0.15, 0.2) is 60.6 Å². The molecule has 7 aromatic rings. The van der Waals surface area contributed by atoms with Gasteiger partial charge in [-0.2, -0.15) is 23.7 Å². The van der Waals surface area contributed by atoms with Gasteiger partial charge in [0.25, 0.3) is 0 Å². The maximum Gasteiger partial charge on any atom is 0.233 e. The van der Waals surface area contributed by atoms with Crippen molar-refractivity contribution < 1.29 is 9.47 Å². The lowest BCUT2D eigenvalue weighted by molar-refractivity contribution is 0.414. The van der Waals surface area contributed by atoms with Crippen LogP contribution in [0.4, 0.5) is 56.0 Å². The number of aryl methyl sites for hydroxylation is 2. The van der Waals surface area contributed by atoms with Gasteiger partial charge in [-0.25, -0.2) is 0 Å². The molecule has 0 saturated heterocycles. The van der Waals surface area contributed by atoms with Gasteiger partial charge < -0.3 is 29.9 Å². The molecule has 1 aliphatic rings. The van der Waals surface area contributed by atoms with Gasteiger partial charge in [0.2, 0.25) is 11.9 Å². The van der Waals surface area contributed by atoms with Gasteiger partial charge in [-0.05, 0) is 111 Å². The summed E-state index contributed by atoms with van der Waals surface area (Å²) in [4.78, 5) is 21.5. The molecule has 0 spiro atoms. The molecule has 2 aromatic carbocycles. The first-order valence-electron chi connectivity index (χ1n) is 21.1. The molecule has 5 heterocycles. The third kappa shape index (κ3) is 9.74. The van der Waals surface area contributed by atoms with E-state index in [9.17, 15) is 0 Å². The number of fused-ring (bicyclic) bond motifs is 2. The van der Waals surface area contributed by atoms with Crippen molar-refractivity contribution in [3.8, 4) is 11.5 Å². The van der Waals surface area contributed by atoms with Crippen molar-refractivity contribution in [1.82, 2.24) is 23.7 Å². The lowest BCUT2D eigenvalue weighted by atomic mass is 10.0. The van der Waals surface area contributed by atoms with Gasteiger partial charge in [-0.15, -0.1) is 43.1 Å². The number of nitrogens with zero attached hydrogens (tertiary/aromatic N) is 11.